The van der Waals surface area contributed by atoms with E-state index in [1.54, 1.807) is 36.5 Å². The fraction of sp³-hybridized carbons (Fsp3) is 0.143. The summed E-state index contributed by atoms with van der Waals surface area (Å²) in [6.45, 7) is 3.94. The zero-order valence-electron chi connectivity index (χ0n) is 21.2. The van der Waals surface area contributed by atoms with Crippen LogP contribution in [-0.4, -0.2) is 26.6 Å². The van der Waals surface area contributed by atoms with Crippen molar-refractivity contribution in [1.29, 1.82) is 0 Å². The van der Waals surface area contributed by atoms with Crippen LogP contribution in [-0.2, 0) is 12.9 Å². The number of nitrogens with two attached hydrogens (primary N) is 1. The summed E-state index contributed by atoms with van der Waals surface area (Å²) in [5.74, 6) is -0.960. The summed E-state index contributed by atoms with van der Waals surface area (Å²) < 4.78 is 48.2. The molecule has 0 aliphatic rings. The van der Waals surface area contributed by atoms with Gasteiger partial charge in [-0.1, -0.05) is 36.4 Å². The number of benzene rings is 2. The normalized spacial score (nSPS) is 11.5. The number of aryl methyl sites for hydroxylation is 2. The number of amides is 2. The first-order valence-corrected chi connectivity index (χ1v) is 12.8. The standard InChI is InChI=1S/C28H22F3N5O3S/c1-15-10-16(2)12-18(11-15)39-14-36-9-8-20(35-36)26(38)34-23-22-19(17-6-4-3-5-7-17)13-21(28(29,30)31)33-27(22)40-24(23)25(32)37/h3-13H,14H2,1-2H3,(H2,32,37)(H,34,38). The Labute approximate surface area is 230 Å². The minimum atomic E-state index is -4.73. The summed E-state index contributed by atoms with van der Waals surface area (Å²) >= 11 is 0.675. The number of hydrogen-bond donors (Lipinski definition) is 2. The Morgan fingerprint density at radius 2 is 1.75 bits per heavy atom. The fourth-order valence-corrected chi connectivity index (χ4v) is 5.28. The molecule has 0 saturated carbocycles. The largest absolute Gasteiger partial charge is 0.471 e. The number of fused-ring (bicyclic) bond motifs is 1. The second kappa shape index (κ2) is 10.5. The zero-order valence-corrected chi connectivity index (χ0v) is 22.1. The lowest BCUT2D eigenvalue weighted by molar-refractivity contribution is -0.140. The third-order valence-electron chi connectivity index (χ3n) is 5.93. The molecule has 0 radical (unpaired) electrons. The first kappa shape index (κ1) is 26.9. The van der Waals surface area contributed by atoms with Crippen molar-refractivity contribution in [3.8, 4) is 16.9 Å². The van der Waals surface area contributed by atoms with Gasteiger partial charge in [-0.15, -0.1) is 11.3 Å². The molecule has 0 aliphatic carbocycles. The average Bonchev–Trinajstić information content (AvgIpc) is 3.52. The maximum absolute atomic E-state index is 13.7. The molecule has 0 saturated heterocycles. The topological polar surface area (TPSA) is 112 Å². The van der Waals surface area contributed by atoms with E-state index in [9.17, 15) is 22.8 Å². The van der Waals surface area contributed by atoms with Crippen LogP contribution in [0.5, 0.6) is 5.75 Å². The van der Waals surface area contributed by atoms with Gasteiger partial charge in [-0.05, 0) is 60.4 Å². The SMILES string of the molecule is Cc1cc(C)cc(OCn2ccc(C(=O)Nc3c(C(N)=O)sc4nc(C(F)(F)F)cc(-c5ccccc5)c34)n2)c1. The number of carbonyl (C=O) groups is 2. The highest BCUT2D eigenvalue weighted by molar-refractivity contribution is 7.21. The van der Waals surface area contributed by atoms with Crippen molar-refractivity contribution < 1.29 is 27.5 Å². The average molecular weight is 566 g/mol. The van der Waals surface area contributed by atoms with Crippen molar-refractivity contribution in [2.75, 3.05) is 5.32 Å². The first-order valence-electron chi connectivity index (χ1n) is 12.0. The van der Waals surface area contributed by atoms with Crippen molar-refractivity contribution in [1.82, 2.24) is 14.8 Å². The molecule has 0 bridgehead atoms. The summed E-state index contributed by atoms with van der Waals surface area (Å²) in [7, 11) is 0. The summed E-state index contributed by atoms with van der Waals surface area (Å²) in [4.78, 5) is 29.0. The highest BCUT2D eigenvalue weighted by Crippen LogP contribution is 2.43. The molecule has 0 unspecified atom stereocenters. The van der Waals surface area contributed by atoms with E-state index in [-0.39, 0.29) is 38.8 Å². The summed E-state index contributed by atoms with van der Waals surface area (Å²) in [6, 6.07) is 16.4. The van der Waals surface area contributed by atoms with Gasteiger partial charge in [0.05, 0.1) is 5.69 Å². The second-order valence-electron chi connectivity index (χ2n) is 9.06. The molecule has 3 aromatic heterocycles. The van der Waals surface area contributed by atoms with Gasteiger partial charge in [0, 0.05) is 11.6 Å². The van der Waals surface area contributed by atoms with Crippen LogP contribution in [0.25, 0.3) is 21.3 Å². The number of primary amides is 1. The number of thiophene rings is 1. The third-order valence-corrected chi connectivity index (χ3v) is 7.03. The number of rotatable bonds is 7. The molecular weight excluding hydrogens is 543 g/mol. The van der Waals surface area contributed by atoms with Crippen molar-refractivity contribution in [2.24, 2.45) is 5.73 Å². The number of anilines is 1. The molecule has 3 heterocycles. The number of hydrogen-bond acceptors (Lipinski definition) is 6. The Morgan fingerprint density at radius 3 is 2.40 bits per heavy atom. The molecule has 40 heavy (non-hydrogen) atoms. The predicted molar refractivity (Wildman–Crippen MR) is 145 cm³/mol. The van der Waals surface area contributed by atoms with Crippen LogP contribution in [0.1, 0.15) is 37.0 Å². The van der Waals surface area contributed by atoms with E-state index >= 15 is 0 Å². The van der Waals surface area contributed by atoms with Crippen LogP contribution in [0.15, 0.2) is 66.9 Å². The number of nitrogens with one attached hydrogen (secondary N) is 1. The number of pyridine rings is 1. The lowest BCUT2D eigenvalue weighted by Crippen LogP contribution is -2.18. The fourth-order valence-electron chi connectivity index (χ4n) is 4.27. The third kappa shape index (κ3) is 5.52. The molecule has 204 valence electrons. The van der Waals surface area contributed by atoms with Gasteiger partial charge in [-0.25, -0.2) is 9.67 Å². The van der Waals surface area contributed by atoms with E-state index in [0.717, 1.165) is 17.2 Å². The van der Waals surface area contributed by atoms with E-state index < -0.39 is 23.7 Å². The van der Waals surface area contributed by atoms with Gasteiger partial charge in [-0.3, -0.25) is 9.59 Å². The molecule has 0 fully saturated rings. The molecule has 0 spiro atoms. The van der Waals surface area contributed by atoms with E-state index in [1.807, 2.05) is 32.0 Å². The number of nitrogens with zero attached hydrogens (tertiary/aromatic N) is 3. The second-order valence-corrected chi connectivity index (χ2v) is 10.1. The Morgan fingerprint density at radius 1 is 1.05 bits per heavy atom. The molecule has 2 aromatic carbocycles. The maximum Gasteiger partial charge on any atom is 0.433 e. The molecule has 5 aromatic rings. The molecule has 0 atom stereocenters. The quantitative estimate of drug-likeness (QED) is 0.245. The van der Waals surface area contributed by atoms with E-state index in [1.165, 1.54) is 10.7 Å². The monoisotopic (exact) mass is 565 g/mol. The smallest absolute Gasteiger partial charge is 0.433 e. The van der Waals surface area contributed by atoms with Gasteiger partial charge in [0.15, 0.2) is 12.4 Å². The lowest BCUT2D eigenvalue weighted by Gasteiger charge is -2.12. The minimum absolute atomic E-state index is 0.0000693. The van der Waals surface area contributed by atoms with Gasteiger partial charge >= 0.3 is 6.18 Å². The number of carbonyl (C=O) groups excluding carboxylic acids is 2. The number of ether oxygens (including phenoxy) is 1. The number of aromatic nitrogens is 3. The number of halogens is 3. The van der Waals surface area contributed by atoms with E-state index in [0.29, 0.717) is 22.6 Å². The van der Waals surface area contributed by atoms with Crippen molar-refractivity contribution in [2.45, 2.75) is 26.8 Å². The van der Waals surface area contributed by atoms with Crippen LogP contribution in [0, 0.1) is 13.8 Å². The van der Waals surface area contributed by atoms with Crippen molar-refractivity contribution in [3.63, 3.8) is 0 Å². The lowest BCUT2D eigenvalue weighted by atomic mass is 10.0. The Bertz CT molecular complexity index is 1730. The van der Waals surface area contributed by atoms with Crippen LogP contribution >= 0.6 is 11.3 Å². The Kier molecular flexibility index (Phi) is 7.03. The van der Waals surface area contributed by atoms with Crippen LogP contribution in [0.3, 0.4) is 0 Å². The first-order chi connectivity index (χ1) is 19.0. The van der Waals surface area contributed by atoms with Crippen LogP contribution < -0.4 is 15.8 Å². The molecule has 12 heteroatoms. The Hall–Kier alpha value is -4.71. The summed E-state index contributed by atoms with van der Waals surface area (Å²) in [6.07, 6.45) is -3.19. The van der Waals surface area contributed by atoms with E-state index in [2.05, 4.69) is 15.4 Å². The molecule has 3 N–H and O–H groups in total. The summed E-state index contributed by atoms with van der Waals surface area (Å²) in [5, 5.41) is 7.04. The number of alkyl halides is 3. The highest BCUT2D eigenvalue weighted by atomic mass is 32.1. The van der Waals surface area contributed by atoms with Gasteiger partial charge in [-0.2, -0.15) is 18.3 Å². The molecule has 8 nitrogen and oxygen atoms in total. The highest BCUT2D eigenvalue weighted by Gasteiger charge is 2.35. The molecular formula is C28H22F3N5O3S. The van der Waals surface area contributed by atoms with Gasteiger partial charge < -0.3 is 15.8 Å². The van der Waals surface area contributed by atoms with E-state index in [4.69, 9.17) is 10.5 Å². The van der Waals surface area contributed by atoms with Gasteiger partial charge in [0.1, 0.15) is 21.2 Å². The van der Waals surface area contributed by atoms with Gasteiger partial charge in [0.2, 0.25) is 0 Å². The van der Waals surface area contributed by atoms with Crippen molar-refractivity contribution in [3.05, 3.63) is 94.3 Å². The van der Waals surface area contributed by atoms with Gasteiger partial charge in [0.25, 0.3) is 11.8 Å². The molecule has 2 amide bonds. The predicted octanol–water partition coefficient (Wildman–Crippen LogP) is 6.18. The van der Waals surface area contributed by atoms with Crippen molar-refractivity contribution >= 4 is 39.1 Å². The molecule has 0 aliphatic heterocycles. The Balaban J connectivity index is 1.50. The van der Waals surface area contributed by atoms with Crippen LogP contribution in [0.2, 0.25) is 0 Å². The molecule has 5 rings (SSSR count). The maximum atomic E-state index is 13.7. The van der Waals surface area contributed by atoms with Crippen LogP contribution in [0.4, 0.5) is 18.9 Å². The summed E-state index contributed by atoms with van der Waals surface area (Å²) in [5.41, 5.74) is 7.06. The minimum Gasteiger partial charge on any atom is -0.471 e. The zero-order chi connectivity index (χ0) is 28.6.